The number of aliphatic imine (C=N–C) groups is 1. The highest BCUT2D eigenvalue weighted by Gasteiger charge is 2.39. The van der Waals surface area contributed by atoms with Crippen molar-refractivity contribution in [2.45, 2.75) is 46.1 Å². The van der Waals surface area contributed by atoms with Crippen LogP contribution in [0.3, 0.4) is 0 Å². The topological polar surface area (TPSA) is 113 Å². The van der Waals surface area contributed by atoms with Crippen LogP contribution in [0.2, 0.25) is 5.02 Å². The molecular formula is C42H39ClF3N7O4. The van der Waals surface area contributed by atoms with Gasteiger partial charge in [-0.2, -0.15) is 13.2 Å². The van der Waals surface area contributed by atoms with Gasteiger partial charge in [0.05, 0.1) is 59.7 Å². The Labute approximate surface area is 332 Å². The van der Waals surface area contributed by atoms with Crippen LogP contribution in [-0.2, 0) is 24.1 Å². The second-order valence-corrected chi connectivity index (χ2v) is 13.9. The summed E-state index contributed by atoms with van der Waals surface area (Å²) in [7, 11) is 3.16. The van der Waals surface area contributed by atoms with Gasteiger partial charge in [0.25, 0.3) is 0 Å². The minimum atomic E-state index is -4.78. The number of nitrogens with zero attached hydrogens (tertiary/aromatic N) is 5. The van der Waals surface area contributed by atoms with Gasteiger partial charge >= 0.3 is 6.18 Å². The van der Waals surface area contributed by atoms with Gasteiger partial charge in [0, 0.05) is 38.0 Å². The van der Waals surface area contributed by atoms with E-state index in [0.717, 1.165) is 16.7 Å². The summed E-state index contributed by atoms with van der Waals surface area (Å²) in [6.07, 6.45) is 1.59. The largest absolute Gasteiger partial charge is 0.497 e. The van der Waals surface area contributed by atoms with Crippen LogP contribution >= 0.6 is 11.6 Å². The van der Waals surface area contributed by atoms with Crippen molar-refractivity contribution in [3.63, 3.8) is 0 Å². The SMILES string of the molecule is COc1ccc(CN(Cc2ccc(OC)cc2)c2cc(C)c(C(F)(F)F)c(-c3cc4c5c(c3Cl)NCN=C5N(C(C)c3cncc(NC(C)=O)c3)C=CO4)n2)cc1. The predicted octanol–water partition coefficient (Wildman–Crippen LogP) is 9.36. The molecule has 0 spiro atoms. The Morgan fingerprint density at radius 3 is 2.26 bits per heavy atom. The summed E-state index contributed by atoms with van der Waals surface area (Å²) in [6.45, 7) is 5.50. The highest BCUT2D eigenvalue weighted by Crippen LogP contribution is 2.49. The lowest BCUT2D eigenvalue weighted by molar-refractivity contribution is -0.137. The second kappa shape index (κ2) is 16.1. The van der Waals surface area contributed by atoms with Gasteiger partial charge < -0.3 is 34.6 Å². The first-order valence-electron chi connectivity index (χ1n) is 17.9. The van der Waals surface area contributed by atoms with Gasteiger partial charge in [-0.3, -0.25) is 9.78 Å². The standard InChI is InChI=1S/C42H39ClF3N7O4/c1-24-16-35(52(21-27-6-10-31(55-4)11-7-27)22-28-8-12-32(56-5)13-9-28)51-39(37(24)42(44,45)46)33-18-34-36-40(38(33)43)48-23-49-41(36)53(14-15-57-34)25(2)29-17-30(20-47-19-29)50-26(3)54/h6-20,25,48H,21-23H2,1-5H3,(H,50,54). The Kier molecular flexibility index (Phi) is 11.0. The third-order valence-corrected chi connectivity index (χ3v) is 10.1. The summed E-state index contributed by atoms with van der Waals surface area (Å²) in [5.74, 6) is 2.15. The second-order valence-electron chi connectivity index (χ2n) is 13.5. The van der Waals surface area contributed by atoms with Crippen LogP contribution in [0, 0.1) is 6.92 Å². The number of amides is 1. The Morgan fingerprint density at radius 1 is 1.02 bits per heavy atom. The summed E-state index contributed by atoms with van der Waals surface area (Å²) in [5, 5.41) is 5.96. The molecule has 0 radical (unpaired) electrons. The molecule has 2 aliphatic heterocycles. The summed E-state index contributed by atoms with van der Waals surface area (Å²) >= 11 is 7.16. The fraction of sp³-hybridized carbons (Fsp3) is 0.238. The van der Waals surface area contributed by atoms with E-state index >= 15 is 13.2 Å². The van der Waals surface area contributed by atoms with E-state index in [1.165, 1.54) is 32.2 Å². The number of amidine groups is 1. The molecule has 0 fully saturated rings. The molecule has 2 aliphatic rings. The molecular weight excluding hydrogens is 759 g/mol. The van der Waals surface area contributed by atoms with Crippen LogP contribution in [0.25, 0.3) is 11.3 Å². The number of alkyl halides is 3. The normalized spacial score (nSPS) is 13.7. The molecule has 0 saturated heterocycles. The van der Waals surface area contributed by atoms with Crippen LogP contribution in [0.4, 0.5) is 30.4 Å². The van der Waals surface area contributed by atoms with Crippen molar-refractivity contribution in [3.05, 3.63) is 130 Å². The average Bonchev–Trinajstić information content (AvgIpc) is 3.38. The van der Waals surface area contributed by atoms with Gasteiger partial charge in [0.2, 0.25) is 5.91 Å². The van der Waals surface area contributed by atoms with Crippen LogP contribution in [0.5, 0.6) is 17.2 Å². The molecule has 1 amide bonds. The molecule has 2 N–H and O–H groups in total. The fourth-order valence-corrected chi connectivity index (χ4v) is 7.24. The zero-order valence-electron chi connectivity index (χ0n) is 31.7. The zero-order chi connectivity index (χ0) is 40.4. The third-order valence-electron chi connectivity index (χ3n) is 9.71. The molecule has 0 aliphatic carbocycles. The number of hydrogen-bond acceptors (Lipinski definition) is 10. The van der Waals surface area contributed by atoms with Gasteiger partial charge in [-0.1, -0.05) is 35.9 Å². The monoisotopic (exact) mass is 797 g/mol. The number of halogens is 4. The number of methoxy groups -OCH3 is 2. The van der Waals surface area contributed by atoms with Crippen LogP contribution < -0.4 is 29.7 Å². The highest BCUT2D eigenvalue weighted by molar-refractivity contribution is 6.37. The first kappa shape index (κ1) is 39.0. The molecule has 15 heteroatoms. The molecule has 57 heavy (non-hydrogen) atoms. The van der Waals surface area contributed by atoms with E-state index in [1.807, 2.05) is 71.3 Å². The van der Waals surface area contributed by atoms with Gasteiger partial charge in [0.15, 0.2) is 0 Å². The Hall–Kier alpha value is -6.28. The van der Waals surface area contributed by atoms with Crippen molar-refractivity contribution in [3.8, 4) is 28.5 Å². The molecule has 1 atom stereocenters. The maximum Gasteiger partial charge on any atom is 0.418 e. The van der Waals surface area contributed by atoms with Crippen LogP contribution in [-0.4, -0.2) is 47.5 Å². The van der Waals surface area contributed by atoms with E-state index < -0.39 is 11.7 Å². The number of aryl methyl sites for hydroxylation is 1. The summed E-state index contributed by atoms with van der Waals surface area (Å²) in [5.41, 5.74) is 2.66. The Balaban J connectivity index is 1.33. The van der Waals surface area contributed by atoms with Crippen LogP contribution in [0.15, 0.2) is 96.6 Å². The molecule has 11 nitrogen and oxygen atoms in total. The van der Waals surface area contributed by atoms with Crippen molar-refractivity contribution in [2.24, 2.45) is 4.99 Å². The summed E-state index contributed by atoms with van der Waals surface area (Å²) in [6, 6.07) is 19.3. The van der Waals surface area contributed by atoms with Crippen LogP contribution in [0.1, 0.15) is 53.3 Å². The van der Waals surface area contributed by atoms with E-state index in [-0.39, 0.29) is 46.2 Å². The molecule has 7 rings (SSSR count). The molecule has 0 bridgehead atoms. The zero-order valence-corrected chi connectivity index (χ0v) is 32.5. The van der Waals surface area contributed by atoms with E-state index in [4.69, 9.17) is 35.8 Å². The summed E-state index contributed by atoms with van der Waals surface area (Å²) < 4.78 is 62.2. The van der Waals surface area contributed by atoms with Crippen molar-refractivity contribution in [1.82, 2.24) is 14.9 Å². The number of benzene rings is 3. The third kappa shape index (κ3) is 8.17. The lowest BCUT2D eigenvalue weighted by Crippen LogP contribution is -2.32. The van der Waals surface area contributed by atoms with Crippen molar-refractivity contribution in [2.75, 3.05) is 36.4 Å². The number of carbonyl (C=O) groups excluding carboxylic acids is 1. The average molecular weight is 798 g/mol. The molecule has 1 unspecified atom stereocenters. The van der Waals surface area contributed by atoms with Crippen molar-refractivity contribution < 1.29 is 32.2 Å². The predicted molar refractivity (Wildman–Crippen MR) is 214 cm³/mol. The maximum atomic E-state index is 15.1. The lowest BCUT2D eigenvalue weighted by atomic mass is 9.96. The molecule has 3 aromatic carbocycles. The lowest BCUT2D eigenvalue weighted by Gasteiger charge is -2.32. The minimum Gasteiger partial charge on any atom is -0.497 e. The van der Waals surface area contributed by atoms with Gasteiger partial charge in [0.1, 0.15) is 41.8 Å². The minimum absolute atomic E-state index is 0.0252. The Bertz CT molecular complexity index is 2320. The fourth-order valence-electron chi connectivity index (χ4n) is 6.93. The Morgan fingerprint density at radius 2 is 1.67 bits per heavy atom. The van der Waals surface area contributed by atoms with E-state index in [2.05, 4.69) is 15.6 Å². The molecule has 0 saturated carbocycles. The smallest absolute Gasteiger partial charge is 0.418 e. The summed E-state index contributed by atoms with van der Waals surface area (Å²) in [4.78, 5) is 29.3. The highest BCUT2D eigenvalue weighted by atomic mass is 35.5. The van der Waals surface area contributed by atoms with Gasteiger partial charge in [-0.05, 0) is 78.6 Å². The molecule has 294 valence electrons. The number of aromatic nitrogens is 2. The molecule has 4 heterocycles. The number of ether oxygens (including phenoxy) is 3. The first-order valence-corrected chi connectivity index (χ1v) is 18.3. The van der Waals surface area contributed by atoms with Gasteiger partial charge in [-0.15, -0.1) is 0 Å². The number of hydrogen-bond donors (Lipinski definition) is 2. The van der Waals surface area contributed by atoms with E-state index in [1.54, 1.807) is 32.8 Å². The van der Waals surface area contributed by atoms with Crippen molar-refractivity contribution >= 4 is 40.5 Å². The van der Waals surface area contributed by atoms with Gasteiger partial charge in [-0.25, -0.2) is 9.98 Å². The first-order chi connectivity index (χ1) is 27.3. The van der Waals surface area contributed by atoms with E-state index in [9.17, 15) is 4.79 Å². The number of pyridine rings is 2. The number of carbonyl (C=O) groups is 1. The molecule has 2 aromatic heterocycles. The van der Waals surface area contributed by atoms with E-state index in [0.29, 0.717) is 53.2 Å². The maximum absolute atomic E-state index is 15.1. The number of nitrogens with one attached hydrogen (secondary N) is 2. The number of anilines is 3. The quantitative estimate of drug-likeness (QED) is 0.135. The number of rotatable bonds is 11. The molecule has 5 aromatic rings. The van der Waals surface area contributed by atoms with Crippen molar-refractivity contribution in [1.29, 1.82) is 0 Å².